The summed E-state index contributed by atoms with van der Waals surface area (Å²) in [5.41, 5.74) is 5.64. The minimum Gasteiger partial charge on any atom is -0.316 e. The molecule has 7 heteroatoms. The molecule has 0 bridgehead atoms. The Kier molecular flexibility index (Phi) is 6.64. The van der Waals surface area contributed by atoms with E-state index in [9.17, 15) is 0 Å². The lowest BCUT2D eigenvalue weighted by atomic mass is 10.1. The maximum Gasteiger partial charge on any atom is 0.0907 e. The fraction of sp³-hybridized carbons (Fsp3) is 0.474. The molecule has 0 saturated carbocycles. The average Bonchev–Trinajstić information content (AvgIpc) is 3.29. The second-order valence-electron chi connectivity index (χ2n) is 6.92. The number of hydrogen-bond acceptors (Lipinski definition) is 6. The van der Waals surface area contributed by atoms with Crippen molar-refractivity contribution in [2.75, 3.05) is 19.6 Å². The maximum absolute atomic E-state index is 4.58. The van der Waals surface area contributed by atoms with E-state index in [1.807, 2.05) is 5.51 Å². The summed E-state index contributed by atoms with van der Waals surface area (Å²) >= 11 is 3.56. The summed E-state index contributed by atoms with van der Waals surface area (Å²) in [4.78, 5) is 13.0. The monoisotopic (exact) mass is 408 g/mol. The predicted molar refractivity (Wildman–Crippen MR) is 114 cm³/mol. The largest absolute Gasteiger partial charge is 0.316 e. The highest BCUT2D eigenvalue weighted by atomic mass is 35.5. The van der Waals surface area contributed by atoms with Crippen molar-refractivity contribution in [1.29, 1.82) is 0 Å². The molecule has 1 unspecified atom stereocenters. The van der Waals surface area contributed by atoms with Crippen molar-refractivity contribution in [3.63, 3.8) is 0 Å². The van der Waals surface area contributed by atoms with Gasteiger partial charge < -0.3 is 5.32 Å². The molecule has 1 aliphatic heterocycles. The SMILES string of the molecule is Cc1nc2ccc(CN(Cc3scnc3C)CC3CCNC3)cc2s1.Cl. The summed E-state index contributed by atoms with van der Waals surface area (Å²) in [6.45, 7) is 9.62. The van der Waals surface area contributed by atoms with E-state index < -0.39 is 0 Å². The number of aryl methyl sites for hydroxylation is 2. The molecule has 0 amide bonds. The van der Waals surface area contributed by atoms with Gasteiger partial charge in [-0.2, -0.15) is 0 Å². The van der Waals surface area contributed by atoms with Crippen LogP contribution in [0.25, 0.3) is 10.2 Å². The molecule has 1 N–H and O–H groups in total. The lowest BCUT2D eigenvalue weighted by Gasteiger charge is -2.25. The van der Waals surface area contributed by atoms with Gasteiger partial charge in [0.2, 0.25) is 0 Å². The Balaban J connectivity index is 0.00000196. The number of thiazole rings is 2. The molecule has 4 rings (SSSR count). The van der Waals surface area contributed by atoms with Crippen LogP contribution < -0.4 is 5.32 Å². The van der Waals surface area contributed by atoms with E-state index in [0.717, 1.165) is 49.2 Å². The van der Waals surface area contributed by atoms with Crippen LogP contribution in [0.2, 0.25) is 0 Å². The van der Waals surface area contributed by atoms with Crippen molar-refractivity contribution < 1.29 is 0 Å². The van der Waals surface area contributed by atoms with Gasteiger partial charge in [0.25, 0.3) is 0 Å². The topological polar surface area (TPSA) is 41.1 Å². The normalized spacial score (nSPS) is 17.1. The van der Waals surface area contributed by atoms with Crippen LogP contribution >= 0.6 is 35.1 Å². The third-order valence-electron chi connectivity index (χ3n) is 4.86. The first-order chi connectivity index (χ1) is 12.2. The quantitative estimate of drug-likeness (QED) is 0.656. The molecule has 1 fully saturated rings. The van der Waals surface area contributed by atoms with E-state index in [1.165, 1.54) is 27.3 Å². The smallest absolute Gasteiger partial charge is 0.0907 e. The zero-order valence-electron chi connectivity index (χ0n) is 15.2. The zero-order valence-corrected chi connectivity index (χ0v) is 17.6. The molecule has 1 saturated heterocycles. The highest BCUT2D eigenvalue weighted by molar-refractivity contribution is 7.18. The van der Waals surface area contributed by atoms with Gasteiger partial charge >= 0.3 is 0 Å². The molecule has 3 heterocycles. The predicted octanol–water partition coefficient (Wildman–Crippen LogP) is 4.40. The van der Waals surface area contributed by atoms with Crippen molar-refractivity contribution in [3.8, 4) is 0 Å². The highest BCUT2D eigenvalue weighted by Gasteiger charge is 2.20. The molecule has 0 aliphatic carbocycles. The number of halogens is 1. The number of fused-ring (bicyclic) bond motifs is 1. The first-order valence-electron chi connectivity index (χ1n) is 8.85. The van der Waals surface area contributed by atoms with Crippen molar-refractivity contribution in [2.24, 2.45) is 5.92 Å². The van der Waals surface area contributed by atoms with Crippen molar-refractivity contribution in [1.82, 2.24) is 20.2 Å². The first kappa shape index (κ1) is 19.7. The van der Waals surface area contributed by atoms with Crippen LogP contribution in [0.1, 0.15) is 27.6 Å². The van der Waals surface area contributed by atoms with Crippen LogP contribution in [-0.2, 0) is 13.1 Å². The summed E-state index contributed by atoms with van der Waals surface area (Å²) in [7, 11) is 0. The van der Waals surface area contributed by atoms with Gasteiger partial charge in [0.05, 0.1) is 26.4 Å². The Morgan fingerprint density at radius 2 is 2.15 bits per heavy atom. The van der Waals surface area contributed by atoms with E-state index in [1.54, 1.807) is 22.7 Å². The van der Waals surface area contributed by atoms with E-state index in [0.29, 0.717) is 0 Å². The molecule has 1 aromatic carbocycles. The summed E-state index contributed by atoms with van der Waals surface area (Å²) < 4.78 is 1.30. The van der Waals surface area contributed by atoms with Crippen LogP contribution in [0.15, 0.2) is 23.7 Å². The summed E-state index contributed by atoms with van der Waals surface area (Å²) in [6.07, 6.45) is 1.28. The number of benzene rings is 1. The van der Waals surface area contributed by atoms with Crippen LogP contribution in [0.4, 0.5) is 0 Å². The highest BCUT2D eigenvalue weighted by Crippen LogP contribution is 2.25. The summed E-state index contributed by atoms with van der Waals surface area (Å²) in [6, 6.07) is 6.72. The fourth-order valence-corrected chi connectivity index (χ4v) is 5.25. The molecule has 1 aliphatic rings. The van der Waals surface area contributed by atoms with Gasteiger partial charge in [-0.3, -0.25) is 4.90 Å². The van der Waals surface area contributed by atoms with Crippen LogP contribution in [0, 0.1) is 19.8 Å². The Labute approximate surface area is 169 Å². The van der Waals surface area contributed by atoms with Gasteiger partial charge in [-0.1, -0.05) is 6.07 Å². The minimum absolute atomic E-state index is 0. The van der Waals surface area contributed by atoms with Gasteiger partial charge in [-0.15, -0.1) is 35.1 Å². The van der Waals surface area contributed by atoms with Gasteiger partial charge in [0.1, 0.15) is 0 Å². The number of aromatic nitrogens is 2. The second kappa shape index (κ2) is 8.76. The van der Waals surface area contributed by atoms with Crippen LogP contribution in [-0.4, -0.2) is 34.5 Å². The van der Waals surface area contributed by atoms with Crippen molar-refractivity contribution in [3.05, 3.63) is 44.9 Å². The summed E-state index contributed by atoms with van der Waals surface area (Å²) in [5, 5.41) is 4.64. The number of hydrogen-bond donors (Lipinski definition) is 1. The van der Waals surface area contributed by atoms with Gasteiger partial charge in [-0.05, 0) is 57.0 Å². The third-order valence-corrected chi connectivity index (χ3v) is 6.71. The molecule has 3 aromatic rings. The molecular formula is C19H25ClN4S2. The molecule has 0 radical (unpaired) electrons. The van der Waals surface area contributed by atoms with Gasteiger partial charge in [-0.25, -0.2) is 9.97 Å². The fourth-order valence-electron chi connectivity index (χ4n) is 3.54. The van der Waals surface area contributed by atoms with Crippen molar-refractivity contribution in [2.45, 2.75) is 33.4 Å². The second-order valence-corrected chi connectivity index (χ2v) is 9.10. The molecule has 1 atom stereocenters. The van der Waals surface area contributed by atoms with Gasteiger partial charge in [0.15, 0.2) is 0 Å². The average molecular weight is 409 g/mol. The minimum atomic E-state index is 0. The molecule has 2 aromatic heterocycles. The number of nitrogens with zero attached hydrogens (tertiary/aromatic N) is 3. The molecule has 4 nitrogen and oxygen atoms in total. The van der Waals surface area contributed by atoms with E-state index in [-0.39, 0.29) is 12.4 Å². The Morgan fingerprint density at radius 3 is 2.88 bits per heavy atom. The lowest BCUT2D eigenvalue weighted by Crippen LogP contribution is -2.30. The van der Waals surface area contributed by atoms with Gasteiger partial charge in [0, 0.05) is 24.5 Å². The first-order valence-corrected chi connectivity index (χ1v) is 10.5. The van der Waals surface area contributed by atoms with E-state index in [4.69, 9.17) is 0 Å². The molecule has 140 valence electrons. The number of nitrogens with one attached hydrogen (secondary N) is 1. The Hall–Kier alpha value is -1.05. The van der Waals surface area contributed by atoms with E-state index >= 15 is 0 Å². The zero-order chi connectivity index (χ0) is 17.2. The van der Waals surface area contributed by atoms with E-state index in [2.05, 4.69) is 52.2 Å². The van der Waals surface area contributed by atoms with Crippen LogP contribution in [0.3, 0.4) is 0 Å². The maximum atomic E-state index is 4.58. The van der Waals surface area contributed by atoms with Crippen molar-refractivity contribution >= 4 is 45.3 Å². The standard InChI is InChI=1S/C19H24N4S2.ClH/c1-13-19(24-12-21-13)11-23(10-16-5-6-20-8-16)9-15-3-4-17-18(7-15)25-14(2)22-17;/h3-4,7,12,16,20H,5-6,8-11H2,1-2H3;1H. The van der Waals surface area contributed by atoms with Crippen LogP contribution in [0.5, 0.6) is 0 Å². The molecular weight excluding hydrogens is 384 g/mol. The molecule has 0 spiro atoms. The Morgan fingerprint density at radius 1 is 1.27 bits per heavy atom. The lowest BCUT2D eigenvalue weighted by molar-refractivity contribution is 0.222. The number of rotatable bonds is 6. The Bertz CT molecular complexity index is 854. The molecule has 26 heavy (non-hydrogen) atoms. The summed E-state index contributed by atoms with van der Waals surface area (Å²) in [5.74, 6) is 0.752. The third kappa shape index (κ3) is 4.61.